The quantitative estimate of drug-likeness (QED) is 0.669. The lowest BCUT2D eigenvalue weighted by Gasteiger charge is -2.08. The van der Waals surface area contributed by atoms with Crippen molar-refractivity contribution in [3.63, 3.8) is 0 Å². The Morgan fingerprint density at radius 1 is 1.04 bits per heavy atom. The first-order valence-electron chi connectivity index (χ1n) is 7.84. The molecule has 0 aliphatic carbocycles. The first-order chi connectivity index (χ1) is 12.4. The van der Waals surface area contributed by atoms with Crippen LogP contribution in [0.3, 0.4) is 0 Å². The van der Waals surface area contributed by atoms with Crippen LogP contribution in [0, 0.1) is 0 Å². The summed E-state index contributed by atoms with van der Waals surface area (Å²) < 4.78 is 31.2. The Balaban J connectivity index is 1.80. The lowest BCUT2D eigenvalue weighted by molar-refractivity contribution is 0.102. The van der Waals surface area contributed by atoms with Crippen molar-refractivity contribution in [3.8, 4) is 0 Å². The zero-order chi connectivity index (χ0) is 18.7. The molecular formula is C18H16N2O5S. The average molecular weight is 372 g/mol. The lowest BCUT2D eigenvalue weighted by atomic mass is 10.2. The van der Waals surface area contributed by atoms with Crippen LogP contribution in [0.4, 0.5) is 5.69 Å². The van der Waals surface area contributed by atoms with Crippen LogP contribution in [-0.2, 0) is 10.0 Å². The van der Waals surface area contributed by atoms with Gasteiger partial charge in [0.2, 0.25) is 10.0 Å². The van der Waals surface area contributed by atoms with Crippen LogP contribution in [0.15, 0.2) is 68.7 Å². The van der Waals surface area contributed by atoms with E-state index in [4.69, 9.17) is 4.42 Å². The highest BCUT2D eigenvalue weighted by Gasteiger charge is 2.14. The molecule has 0 saturated carbocycles. The van der Waals surface area contributed by atoms with Crippen LogP contribution in [0.2, 0.25) is 0 Å². The number of fused-ring (bicyclic) bond motifs is 1. The fourth-order valence-electron chi connectivity index (χ4n) is 2.41. The third-order valence-corrected chi connectivity index (χ3v) is 5.20. The number of hydrogen-bond donors (Lipinski definition) is 2. The molecule has 7 nitrogen and oxygen atoms in total. The van der Waals surface area contributed by atoms with Crippen LogP contribution < -0.4 is 15.7 Å². The number of nitrogens with one attached hydrogen (secondary N) is 2. The second-order valence-electron chi connectivity index (χ2n) is 5.49. The number of carbonyl (C=O) groups excluding carboxylic acids is 1. The van der Waals surface area contributed by atoms with Crippen LogP contribution >= 0.6 is 0 Å². The van der Waals surface area contributed by atoms with Crippen molar-refractivity contribution in [2.75, 3.05) is 11.9 Å². The summed E-state index contributed by atoms with van der Waals surface area (Å²) in [6.07, 6.45) is 0. The summed E-state index contributed by atoms with van der Waals surface area (Å²) in [6.45, 7) is 1.97. The van der Waals surface area contributed by atoms with E-state index in [-0.39, 0.29) is 17.3 Å². The standard InChI is InChI=1S/C18H16N2O5S/c1-2-19-26(23,24)15-7-3-12(4-8-15)18(22)20-14-6-9-16-13(11-14)5-10-17(21)25-16/h3-11,19H,2H2,1H3,(H,20,22). The maximum atomic E-state index is 12.3. The molecule has 1 amide bonds. The number of hydrogen-bond acceptors (Lipinski definition) is 5. The number of carbonyl (C=O) groups is 1. The number of benzene rings is 2. The van der Waals surface area contributed by atoms with Gasteiger partial charge in [-0.1, -0.05) is 6.92 Å². The van der Waals surface area contributed by atoms with Gasteiger partial charge in [-0.05, 0) is 48.5 Å². The number of anilines is 1. The van der Waals surface area contributed by atoms with Gasteiger partial charge in [0.15, 0.2) is 0 Å². The molecule has 8 heteroatoms. The Morgan fingerprint density at radius 3 is 2.46 bits per heavy atom. The van der Waals surface area contributed by atoms with Gasteiger partial charge >= 0.3 is 5.63 Å². The van der Waals surface area contributed by atoms with E-state index < -0.39 is 15.6 Å². The van der Waals surface area contributed by atoms with Crippen molar-refractivity contribution in [3.05, 3.63) is 70.6 Å². The molecule has 1 heterocycles. The highest BCUT2D eigenvalue weighted by atomic mass is 32.2. The van der Waals surface area contributed by atoms with Crippen LogP contribution in [0.25, 0.3) is 11.0 Å². The van der Waals surface area contributed by atoms with Gasteiger partial charge in [-0.15, -0.1) is 0 Å². The molecule has 3 aromatic rings. The van der Waals surface area contributed by atoms with Gasteiger partial charge in [-0.25, -0.2) is 17.9 Å². The van der Waals surface area contributed by atoms with Gasteiger partial charge in [0, 0.05) is 29.2 Å². The molecule has 134 valence electrons. The molecule has 0 aliphatic heterocycles. The van der Waals surface area contributed by atoms with E-state index in [0.717, 1.165) is 0 Å². The molecule has 0 unspecified atom stereocenters. The summed E-state index contributed by atoms with van der Waals surface area (Å²) in [7, 11) is -3.56. The second kappa shape index (κ2) is 7.11. The first-order valence-corrected chi connectivity index (χ1v) is 9.32. The van der Waals surface area contributed by atoms with E-state index >= 15 is 0 Å². The van der Waals surface area contributed by atoms with Crippen molar-refractivity contribution in [1.82, 2.24) is 4.72 Å². The minimum Gasteiger partial charge on any atom is -0.423 e. The van der Waals surface area contributed by atoms with E-state index in [2.05, 4.69) is 10.0 Å². The van der Waals surface area contributed by atoms with Crippen LogP contribution in [0.1, 0.15) is 17.3 Å². The largest absolute Gasteiger partial charge is 0.423 e. The number of amides is 1. The highest BCUT2D eigenvalue weighted by molar-refractivity contribution is 7.89. The normalized spacial score (nSPS) is 11.4. The SMILES string of the molecule is CCNS(=O)(=O)c1ccc(C(=O)Nc2ccc3oc(=O)ccc3c2)cc1. The minimum atomic E-state index is -3.56. The highest BCUT2D eigenvalue weighted by Crippen LogP contribution is 2.19. The second-order valence-corrected chi connectivity index (χ2v) is 7.25. The summed E-state index contributed by atoms with van der Waals surface area (Å²) in [5, 5.41) is 3.40. The molecule has 1 aromatic heterocycles. The van der Waals surface area contributed by atoms with Gasteiger partial charge < -0.3 is 9.73 Å². The fourth-order valence-corrected chi connectivity index (χ4v) is 3.45. The Bertz CT molecular complexity index is 1120. The average Bonchev–Trinajstić information content (AvgIpc) is 2.62. The summed E-state index contributed by atoms with van der Waals surface area (Å²) >= 11 is 0. The van der Waals surface area contributed by atoms with Gasteiger partial charge in [-0.3, -0.25) is 4.79 Å². The Hall–Kier alpha value is -2.97. The third-order valence-electron chi connectivity index (χ3n) is 3.64. The molecule has 0 radical (unpaired) electrons. The third kappa shape index (κ3) is 3.81. The van der Waals surface area contributed by atoms with Crippen molar-refractivity contribution in [2.24, 2.45) is 0 Å². The smallest absolute Gasteiger partial charge is 0.336 e. The topological polar surface area (TPSA) is 105 Å². The Morgan fingerprint density at radius 2 is 1.77 bits per heavy atom. The van der Waals surface area contributed by atoms with Gasteiger partial charge in [0.25, 0.3) is 5.91 Å². The molecule has 0 fully saturated rings. The molecule has 3 rings (SSSR count). The fraction of sp³-hybridized carbons (Fsp3) is 0.111. The number of sulfonamides is 1. The van der Waals surface area contributed by atoms with E-state index in [9.17, 15) is 18.0 Å². The van der Waals surface area contributed by atoms with E-state index in [1.165, 1.54) is 30.3 Å². The summed E-state index contributed by atoms with van der Waals surface area (Å²) in [5.41, 5.74) is 0.830. The van der Waals surface area contributed by atoms with Crippen molar-refractivity contribution >= 4 is 32.6 Å². The van der Waals surface area contributed by atoms with Crippen molar-refractivity contribution in [2.45, 2.75) is 11.8 Å². The molecule has 0 aliphatic rings. The molecule has 26 heavy (non-hydrogen) atoms. The van der Waals surface area contributed by atoms with Gasteiger partial charge in [0.1, 0.15) is 5.58 Å². The molecular weight excluding hydrogens is 356 g/mol. The molecule has 0 saturated heterocycles. The zero-order valence-electron chi connectivity index (χ0n) is 13.9. The molecule has 0 atom stereocenters. The monoisotopic (exact) mass is 372 g/mol. The van der Waals surface area contributed by atoms with Crippen LogP contribution in [0.5, 0.6) is 0 Å². The molecule has 2 N–H and O–H groups in total. The maximum absolute atomic E-state index is 12.3. The Kier molecular flexibility index (Phi) is 4.88. The van der Waals surface area contributed by atoms with E-state index in [1.807, 2.05) is 0 Å². The van der Waals surface area contributed by atoms with E-state index in [1.54, 1.807) is 31.2 Å². The Labute approximate surface area is 149 Å². The predicted molar refractivity (Wildman–Crippen MR) is 97.7 cm³/mol. The van der Waals surface area contributed by atoms with Crippen LogP contribution in [-0.4, -0.2) is 20.9 Å². The summed E-state index contributed by atoms with van der Waals surface area (Å²) in [5.74, 6) is -0.380. The summed E-state index contributed by atoms with van der Waals surface area (Å²) in [6, 6.07) is 13.4. The van der Waals surface area contributed by atoms with Crippen molar-refractivity contribution in [1.29, 1.82) is 0 Å². The first kappa shape index (κ1) is 17.8. The predicted octanol–water partition coefficient (Wildman–Crippen LogP) is 2.34. The number of rotatable bonds is 5. The summed E-state index contributed by atoms with van der Waals surface area (Å²) in [4.78, 5) is 23.6. The van der Waals surface area contributed by atoms with Gasteiger partial charge in [-0.2, -0.15) is 0 Å². The molecule has 2 aromatic carbocycles. The van der Waals surface area contributed by atoms with E-state index in [0.29, 0.717) is 22.2 Å². The maximum Gasteiger partial charge on any atom is 0.336 e. The zero-order valence-corrected chi connectivity index (χ0v) is 14.7. The van der Waals surface area contributed by atoms with Crippen molar-refractivity contribution < 1.29 is 17.6 Å². The minimum absolute atomic E-state index is 0.0941. The lowest BCUT2D eigenvalue weighted by Crippen LogP contribution is -2.23. The van der Waals surface area contributed by atoms with Gasteiger partial charge in [0.05, 0.1) is 4.90 Å². The molecule has 0 spiro atoms. The molecule has 0 bridgehead atoms.